The average molecular weight is 750 g/mol. The lowest BCUT2D eigenvalue weighted by Gasteiger charge is -2.10. The second kappa shape index (κ2) is 11.3. The second-order valence-electron chi connectivity index (χ2n) is 14.5. The largest absolute Gasteiger partial charge is 0.455 e. The highest BCUT2D eigenvalue weighted by Gasteiger charge is 2.24. The first kappa shape index (κ1) is 30.5. The van der Waals surface area contributed by atoms with Crippen LogP contribution in [0.3, 0.4) is 0 Å². The summed E-state index contributed by atoms with van der Waals surface area (Å²) in [7, 11) is 0. The first-order valence-corrected chi connectivity index (χ1v) is 20.4. The summed E-state index contributed by atoms with van der Waals surface area (Å²) < 4.78 is 14.2. The molecule has 0 saturated carbocycles. The van der Waals surface area contributed by atoms with Crippen LogP contribution in [0, 0.1) is 0 Å². The number of hydrogen-bond acceptors (Lipinski definition) is 5. The predicted octanol–water partition coefficient (Wildman–Crippen LogP) is 14.7. The number of furan rings is 1. The Kier molecular flexibility index (Phi) is 6.17. The standard InChI is InChI=1S/C50H27N3OS2/c1-2-12-28(13-3-1)45-49-46(36-18-8-11-21-42(36)56-49)52-50(51-45)53-39-19-9-6-17-35(39)44-40(53)25-24-34-38-27-37(30-14-4-5-16-33(30)47(38)54-48(34)44)29-22-23-32-31-15-7-10-20-41(31)55-43(32)26-29/h1-27H. The Hall–Kier alpha value is -6.86. The summed E-state index contributed by atoms with van der Waals surface area (Å²) in [5, 5.41) is 10.4. The third-order valence-corrected chi connectivity index (χ3v) is 13.7. The quantitative estimate of drug-likeness (QED) is 0.181. The number of nitrogens with zero attached hydrogens (tertiary/aromatic N) is 3. The topological polar surface area (TPSA) is 43.9 Å². The molecule has 0 aliphatic rings. The molecule has 0 fully saturated rings. The van der Waals surface area contributed by atoms with Crippen molar-refractivity contribution in [3.8, 4) is 28.3 Å². The van der Waals surface area contributed by atoms with Gasteiger partial charge in [0.2, 0.25) is 5.95 Å². The van der Waals surface area contributed by atoms with Crippen molar-refractivity contribution >= 4 is 118 Å². The van der Waals surface area contributed by atoms with Crippen molar-refractivity contribution in [2.75, 3.05) is 0 Å². The lowest BCUT2D eigenvalue weighted by molar-refractivity contribution is 0.676. The van der Waals surface area contributed by atoms with E-state index in [1.807, 2.05) is 11.3 Å². The molecule has 13 aromatic rings. The van der Waals surface area contributed by atoms with Crippen molar-refractivity contribution in [2.45, 2.75) is 0 Å². The molecule has 6 heteroatoms. The number of benzene rings is 8. The predicted molar refractivity (Wildman–Crippen MR) is 238 cm³/mol. The zero-order valence-corrected chi connectivity index (χ0v) is 31.3. The number of aromatic nitrogens is 3. The first-order chi connectivity index (χ1) is 27.8. The Balaban J connectivity index is 1.10. The zero-order valence-electron chi connectivity index (χ0n) is 29.7. The van der Waals surface area contributed by atoms with Crippen molar-refractivity contribution in [1.82, 2.24) is 14.5 Å². The molecule has 0 aliphatic carbocycles. The van der Waals surface area contributed by atoms with Gasteiger partial charge in [0.15, 0.2) is 0 Å². The van der Waals surface area contributed by atoms with E-state index in [2.05, 4.69) is 168 Å². The van der Waals surface area contributed by atoms with Crippen LogP contribution in [-0.4, -0.2) is 14.5 Å². The molecule has 0 amide bonds. The molecule has 0 unspecified atom stereocenters. The van der Waals surface area contributed by atoms with Gasteiger partial charge in [-0.15, -0.1) is 22.7 Å². The van der Waals surface area contributed by atoms with Crippen LogP contribution in [0.25, 0.3) is 123 Å². The average Bonchev–Trinajstić information content (AvgIpc) is 4.02. The molecular weight excluding hydrogens is 723 g/mol. The van der Waals surface area contributed by atoms with Gasteiger partial charge in [-0.3, -0.25) is 4.57 Å². The molecule has 260 valence electrons. The smallest absolute Gasteiger partial charge is 0.235 e. The molecule has 13 rings (SSSR count). The van der Waals surface area contributed by atoms with Gasteiger partial charge in [0.25, 0.3) is 0 Å². The molecule has 56 heavy (non-hydrogen) atoms. The van der Waals surface area contributed by atoms with E-state index in [0.29, 0.717) is 5.95 Å². The fraction of sp³-hybridized carbons (Fsp3) is 0. The third kappa shape index (κ3) is 4.17. The van der Waals surface area contributed by atoms with Gasteiger partial charge >= 0.3 is 0 Å². The van der Waals surface area contributed by atoms with E-state index in [9.17, 15) is 0 Å². The van der Waals surface area contributed by atoms with Crippen LogP contribution in [0.2, 0.25) is 0 Å². The zero-order chi connectivity index (χ0) is 36.5. The van der Waals surface area contributed by atoms with Crippen LogP contribution in [0.1, 0.15) is 0 Å². The summed E-state index contributed by atoms with van der Waals surface area (Å²) in [5.41, 5.74) is 9.22. The molecule has 0 aliphatic heterocycles. The van der Waals surface area contributed by atoms with Gasteiger partial charge in [0.05, 0.1) is 32.3 Å². The molecule has 8 aromatic carbocycles. The van der Waals surface area contributed by atoms with Crippen LogP contribution in [0.15, 0.2) is 168 Å². The normalized spacial score (nSPS) is 12.3. The second-order valence-corrected chi connectivity index (χ2v) is 16.6. The summed E-state index contributed by atoms with van der Waals surface area (Å²) in [4.78, 5) is 10.8. The third-order valence-electron chi connectivity index (χ3n) is 11.4. The first-order valence-electron chi connectivity index (χ1n) is 18.7. The highest BCUT2D eigenvalue weighted by molar-refractivity contribution is 7.26. The van der Waals surface area contributed by atoms with Gasteiger partial charge in [-0.05, 0) is 59.0 Å². The monoisotopic (exact) mass is 749 g/mol. The Morgan fingerprint density at radius 2 is 1.09 bits per heavy atom. The van der Waals surface area contributed by atoms with Gasteiger partial charge in [-0.2, -0.15) is 0 Å². The Morgan fingerprint density at radius 3 is 1.95 bits per heavy atom. The molecule has 0 N–H and O–H groups in total. The summed E-state index contributed by atoms with van der Waals surface area (Å²) in [5.74, 6) is 0.644. The van der Waals surface area contributed by atoms with Gasteiger partial charge in [-0.25, -0.2) is 9.97 Å². The van der Waals surface area contributed by atoms with E-state index in [1.54, 1.807) is 11.3 Å². The van der Waals surface area contributed by atoms with E-state index in [4.69, 9.17) is 14.4 Å². The van der Waals surface area contributed by atoms with E-state index in [0.717, 1.165) is 76.0 Å². The SMILES string of the molecule is c1ccc(-c2nc(-n3c4ccccc4c4c5oc6c7ccccc7c(-c7ccc8c(c7)sc7ccccc78)cc6c5ccc43)nc3c2sc2ccccc23)cc1. The summed E-state index contributed by atoms with van der Waals surface area (Å²) >= 11 is 3.61. The molecule has 5 heterocycles. The van der Waals surface area contributed by atoms with Crippen LogP contribution < -0.4 is 0 Å². The van der Waals surface area contributed by atoms with Crippen molar-refractivity contribution in [2.24, 2.45) is 0 Å². The maximum Gasteiger partial charge on any atom is 0.235 e. The molecular formula is C50H27N3OS2. The van der Waals surface area contributed by atoms with E-state index in [-0.39, 0.29) is 0 Å². The summed E-state index contributed by atoms with van der Waals surface area (Å²) in [6.45, 7) is 0. The van der Waals surface area contributed by atoms with Crippen molar-refractivity contribution in [3.05, 3.63) is 164 Å². The molecule has 4 nitrogen and oxygen atoms in total. The fourth-order valence-corrected chi connectivity index (χ4v) is 11.2. The Morgan fingerprint density at radius 1 is 0.429 bits per heavy atom. The fourth-order valence-electron chi connectivity index (χ4n) is 8.93. The van der Waals surface area contributed by atoms with Gasteiger partial charge in [-0.1, -0.05) is 121 Å². The minimum atomic E-state index is 0.644. The number of para-hydroxylation sites is 1. The molecule has 0 saturated heterocycles. The van der Waals surface area contributed by atoms with E-state index in [1.165, 1.54) is 41.4 Å². The van der Waals surface area contributed by atoms with E-state index < -0.39 is 0 Å². The number of hydrogen-bond donors (Lipinski definition) is 0. The lowest BCUT2D eigenvalue weighted by Crippen LogP contribution is -2.02. The van der Waals surface area contributed by atoms with Crippen molar-refractivity contribution in [3.63, 3.8) is 0 Å². The number of fused-ring (bicyclic) bond motifs is 15. The Bertz CT molecular complexity index is 3770. The molecule has 0 radical (unpaired) electrons. The molecule has 0 atom stereocenters. The van der Waals surface area contributed by atoms with Gasteiger partial charge in [0.1, 0.15) is 11.2 Å². The molecule has 0 bridgehead atoms. The maximum absolute atomic E-state index is 7.10. The minimum absolute atomic E-state index is 0.644. The molecule has 0 spiro atoms. The van der Waals surface area contributed by atoms with Crippen LogP contribution in [0.4, 0.5) is 0 Å². The van der Waals surface area contributed by atoms with Gasteiger partial charge < -0.3 is 4.42 Å². The lowest BCUT2D eigenvalue weighted by atomic mass is 9.94. The summed E-state index contributed by atoms with van der Waals surface area (Å²) in [6, 6.07) is 58.6. The molecule has 5 aromatic heterocycles. The highest BCUT2D eigenvalue weighted by Crippen LogP contribution is 2.46. The number of rotatable bonds is 3. The van der Waals surface area contributed by atoms with Crippen LogP contribution in [0.5, 0.6) is 0 Å². The van der Waals surface area contributed by atoms with E-state index >= 15 is 0 Å². The van der Waals surface area contributed by atoms with Crippen molar-refractivity contribution in [1.29, 1.82) is 0 Å². The van der Waals surface area contributed by atoms with Crippen LogP contribution in [-0.2, 0) is 0 Å². The Labute approximate surface area is 327 Å². The summed E-state index contributed by atoms with van der Waals surface area (Å²) in [6.07, 6.45) is 0. The van der Waals surface area contributed by atoms with Gasteiger partial charge in [0, 0.05) is 57.4 Å². The number of thiophene rings is 2. The van der Waals surface area contributed by atoms with Crippen molar-refractivity contribution < 1.29 is 4.42 Å². The highest BCUT2D eigenvalue weighted by atomic mass is 32.1. The maximum atomic E-state index is 7.10. The minimum Gasteiger partial charge on any atom is -0.455 e. The van der Waals surface area contributed by atoms with Crippen LogP contribution >= 0.6 is 22.7 Å².